The van der Waals surface area contributed by atoms with Crippen LogP contribution in [0.5, 0.6) is 0 Å². The lowest BCUT2D eigenvalue weighted by atomic mass is 10.1. The molecule has 3 heteroatoms. The predicted molar refractivity (Wildman–Crippen MR) is 85.3 cm³/mol. The second-order valence-electron chi connectivity index (χ2n) is 6.26. The fourth-order valence-electron chi connectivity index (χ4n) is 1.81. The number of aliphatic hydroxyl groups excluding tert-OH is 1. The van der Waals surface area contributed by atoms with E-state index in [0.29, 0.717) is 13.2 Å². The van der Waals surface area contributed by atoms with Gasteiger partial charge in [-0.3, -0.25) is 0 Å². The Labute approximate surface area is 123 Å². The second-order valence-corrected chi connectivity index (χ2v) is 6.26. The Balaban J connectivity index is 2.30. The van der Waals surface area contributed by atoms with Crippen LogP contribution in [0.3, 0.4) is 0 Å². The number of ether oxygens (including phenoxy) is 1. The fraction of sp³-hybridized carbons (Fsp3) is 0.647. The summed E-state index contributed by atoms with van der Waals surface area (Å²) in [5, 5.41) is 13.1. The first kappa shape index (κ1) is 17.0. The van der Waals surface area contributed by atoms with Crippen molar-refractivity contribution in [1.29, 1.82) is 0 Å². The largest absolute Gasteiger partial charge is 0.389 e. The van der Waals surface area contributed by atoms with Crippen LogP contribution in [0.2, 0.25) is 0 Å². The number of nitrogens with one attached hydrogen (secondary N) is 1. The van der Waals surface area contributed by atoms with Crippen LogP contribution < -0.4 is 5.32 Å². The smallest absolute Gasteiger partial charge is 0.0945 e. The zero-order chi connectivity index (χ0) is 15.0. The topological polar surface area (TPSA) is 41.5 Å². The number of unbranched alkanes of at least 4 members (excludes halogenated alkanes) is 1. The van der Waals surface area contributed by atoms with Gasteiger partial charge in [0.2, 0.25) is 0 Å². The average molecular weight is 279 g/mol. The summed E-state index contributed by atoms with van der Waals surface area (Å²) in [5.41, 5.74) is 2.20. The highest BCUT2D eigenvalue weighted by Crippen LogP contribution is 2.12. The molecule has 0 saturated heterocycles. The molecule has 0 aromatic heterocycles. The third-order valence-corrected chi connectivity index (χ3v) is 3.02. The Kier molecular flexibility index (Phi) is 7.03. The van der Waals surface area contributed by atoms with E-state index < -0.39 is 6.10 Å². The molecule has 0 fully saturated rings. The minimum absolute atomic E-state index is 0.206. The Morgan fingerprint density at radius 2 is 1.85 bits per heavy atom. The Morgan fingerprint density at radius 1 is 1.20 bits per heavy atom. The molecule has 114 valence electrons. The van der Waals surface area contributed by atoms with Gasteiger partial charge in [-0.2, -0.15) is 0 Å². The molecule has 2 N–H and O–H groups in total. The Hall–Kier alpha value is -1.06. The first-order valence-electron chi connectivity index (χ1n) is 7.55. The van der Waals surface area contributed by atoms with Gasteiger partial charge in [-0.15, -0.1) is 0 Å². The van der Waals surface area contributed by atoms with Crippen LogP contribution in [-0.2, 0) is 11.2 Å². The highest BCUT2D eigenvalue weighted by Gasteiger charge is 2.13. The van der Waals surface area contributed by atoms with Crippen LogP contribution in [-0.4, -0.2) is 30.0 Å². The van der Waals surface area contributed by atoms with Gasteiger partial charge in [-0.05, 0) is 51.3 Å². The molecule has 1 atom stereocenters. The maximum absolute atomic E-state index is 9.86. The van der Waals surface area contributed by atoms with Crippen molar-refractivity contribution < 1.29 is 9.84 Å². The summed E-state index contributed by atoms with van der Waals surface area (Å²) in [6.07, 6.45) is 3.10. The number of hydrogen-bond acceptors (Lipinski definition) is 3. The molecule has 0 aliphatic carbocycles. The average Bonchev–Trinajstić information content (AvgIpc) is 2.41. The van der Waals surface area contributed by atoms with Crippen LogP contribution in [0, 0.1) is 0 Å². The molecule has 0 heterocycles. The van der Waals surface area contributed by atoms with E-state index >= 15 is 0 Å². The summed E-state index contributed by atoms with van der Waals surface area (Å²) >= 11 is 0. The molecule has 0 bridgehead atoms. The fourth-order valence-corrected chi connectivity index (χ4v) is 1.81. The lowest BCUT2D eigenvalue weighted by Gasteiger charge is -2.22. The van der Waals surface area contributed by atoms with Gasteiger partial charge < -0.3 is 15.2 Å². The van der Waals surface area contributed by atoms with Gasteiger partial charge in [0.05, 0.1) is 18.3 Å². The minimum Gasteiger partial charge on any atom is -0.389 e. The van der Waals surface area contributed by atoms with E-state index in [1.54, 1.807) is 0 Å². The molecule has 1 rings (SSSR count). The van der Waals surface area contributed by atoms with Gasteiger partial charge in [-0.1, -0.05) is 25.5 Å². The van der Waals surface area contributed by atoms with Gasteiger partial charge in [0.15, 0.2) is 0 Å². The van der Waals surface area contributed by atoms with E-state index in [4.69, 9.17) is 4.74 Å². The Morgan fingerprint density at radius 3 is 2.40 bits per heavy atom. The maximum atomic E-state index is 9.86. The van der Waals surface area contributed by atoms with E-state index in [1.807, 2.05) is 20.8 Å². The molecule has 3 nitrogen and oxygen atoms in total. The normalized spacial score (nSPS) is 13.2. The zero-order valence-electron chi connectivity index (χ0n) is 13.3. The molecule has 1 unspecified atom stereocenters. The lowest BCUT2D eigenvalue weighted by Crippen LogP contribution is -2.30. The van der Waals surface area contributed by atoms with Gasteiger partial charge in [0, 0.05) is 12.2 Å². The van der Waals surface area contributed by atoms with E-state index in [1.165, 1.54) is 18.4 Å². The summed E-state index contributed by atoms with van der Waals surface area (Å²) in [6.45, 7) is 9.03. The first-order chi connectivity index (χ1) is 9.40. The van der Waals surface area contributed by atoms with E-state index in [9.17, 15) is 5.11 Å². The molecule has 20 heavy (non-hydrogen) atoms. The van der Waals surface area contributed by atoms with Crippen molar-refractivity contribution in [2.24, 2.45) is 0 Å². The van der Waals surface area contributed by atoms with Crippen LogP contribution >= 0.6 is 0 Å². The van der Waals surface area contributed by atoms with Gasteiger partial charge in [0.1, 0.15) is 0 Å². The van der Waals surface area contributed by atoms with Crippen molar-refractivity contribution >= 4 is 5.69 Å². The SMILES string of the molecule is CCCCc1ccc(NCC(O)COC(C)(C)C)cc1. The van der Waals surface area contributed by atoms with Crippen molar-refractivity contribution in [2.75, 3.05) is 18.5 Å². The highest BCUT2D eigenvalue weighted by atomic mass is 16.5. The van der Waals surface area contributed by atoms with Gasteiger partial charge in [-0.25, -0.2) is 0 Å². The number of benzene rings is 1. The van der Waals surface area contributed by atoms with Crippen molar-refractivity contribution in [3.05, 3.63) is 29.8 Å². The van der Waals surface area contributed by atoms with Crippen molar-refractivity contribution in [2.45, 2.75) is 58.7 Å². The van der Waals surface area contributed by atoms with Crippen LogP contribution in [0.15, 0.2) is 24.3 Å². The molecule has 1 aromatic rings. The maximum Gasteiger partial charge on any atom is 0.0945 e. The molecule has 0 aliphatic heterocycles. The standard InChI is InChI=1S/C17H29NO2/c1-5-6-7-14-8-10-15(11-9-14)18-12-16(19)13-20-17(2,3)4/h8-11,16,18-19H,5-7,12-13H2,1-4H3. The van der Waals surface area contributed by atoms with Crippen molar-refractivity contribution in [3.63, 3.8) is 0 Å². The van der Waals surface area contributed by atoms with Crippen LogP contribution in [0.25, 0.3) is 0 Å². The number of aryl methyl sites for hydroxylation is 1. The quantitative estimate of drug-likeness (QED) is 0.763. The van der Waals surface area contributed by atoms with E-state index in [-0.39, 0.29) is 5.60 Å². The predicted octanol–water partition coefficient (Wildman–Crippen LogP) is 3.62. The molecule has 0 aliphatic rings. The molecule has 0 spiro atoms. The zero-order valence-corrected chi connectivity index (χ0v) is 13.3. The lowest BCUT2D eigenvalue weighted by molar-refractivity contribution is -0.0449. The first-order valence-corrected chi connectivity index (χ1v) is 7.55. The molecule has 0 saturated carbocycles. The molecular weight excluding hydrogens is 250 g/mol. The molecule has 0 radical (unpaired) electrons. The van der Waals surface area contributed by atoms with Crippen molar-refractivity contribution in [1.82, 2.24) is 0 Å². The number of aliphatic hydroxyl groups is 1. The summed E-state index contributed by atoms with van der Waals surface area (Å²) in [6, 6.07) is 8.44. The number of rotatable bonds is 8. The third kappa shape index (κ3) is 7.51. The molecule has 0 amide bonds. The van der Waals surface area contributed by atoms with E-state index in [0.717, 1.165) is 12.1 Å². The monoisotopic (exact) mass is 279 g/mol. The van der Waals surface area contributed by atoms with E-state index in [2.05, 4.69) is 36.5 Å². The van der Waals surface area contributed by atoms with Crippen LogP contribution in [0.1, 0.15) is 46.1 Å². The van der Waals surface area contributed by atoms with Crippen LogP contribution in [0.4, 0.5) is 5.69 Å². The third-order valence-electron chi connectivity index (χ3n) is 3.02. The molecular formula is C17H29NO2. The summed E-state index contributed by atoms with van der Waals surface area (Å²) < 4.78 is 5.55. The number of anilines is 1. The van der Waals surface area contributed by atoms with Crippen molar-refractivity contribution in [3.8, 4) is 0 Å². The summed E-state index contributed by atoms with van der Waals surface area (Å²) in [5.74, 6) is 0. The molecule has 1 aromatic carbocycles. The summed E-state index contributed by atoms with van der Waals surface area (Å²) in [7, 11) is 0. The Bertz CT molecular complexity index is 368. The summed E-state index contributed by atoms with van der Waals surface area (Å²) in [4.78, 5) is 0. The minimum atomic E-state index is -0.492. The second kappa shape index (κ2) is 8.28. The number of hydrogen-bond donors (Lipinski definition) is 2. The van der Waals surface area contributed by atoms with Gasteiger partial charge >= 0.3 is 0 Å². The highest BCUT2D eigenvalue weighted by molar-refractivity contribution is 5.44. The van der Waals surface area contributed by atoms with Gasteiger partial charge in [0.25, 0.3) is 0 Å².